The third kappa shape index (κ3) is 2.93. The van der Waals surface area contributed by atoms with Gasteiger partial charge in [-0.15, -0.1) is 0 Å². The van der Waals surface area contributed by atoms with Crippen LogP contribution in [-0.2, 0) is 9.53 Å². The van der Waals surface area contributed by atoms with Crippen molar-refractivity contribution < 1.29 is 14.3 Å². The second-order valence-electron chi connectivity index (χ2n) is 7.63. The summed E-state index contributed by atoms with van der Waals surface area (Å²) in [5.74, 6) is 0.817. The van der Waals surface area contributed by atoms with Gasteiger partial charge in [-0.25, -0.2) is 4.79 Å². The molecule has 0 aromatic heterocycles. The zero-order valence-corrected chi connectivity index (χ0v) is 13.9. The number of nitrogens with zero attached hydrogens (tertiary/aromatic N) is 2. The van der Waals surface area contributed by atoms with Gasteiger partial charge in [0.1, 0.15) is 0 Å². The van der Waals surface area contributed by atoms with Gasteiger partial charge in [-0.3, -0.25) is 4.79 Å². The van der Waals surface area contributed by atoms with E-state index >= 15 is 0 Å². The molecule has 23 heavy (non-hydrogen) atoms. The molecule has 6 nitrogen and oxygen atoms in total. The first kappa shape index (κ1) is 15.2. The first-order valence-corrected chi connectivity index (χ1v) is 9.11. The molecule has 0 unspecified atom stereocenters. The maximum Gasteiger partial charge on any atom is 0.318 e. The molecule has 3 heterocycles. The number of carbonyl (C=O) groups is 2. The third-order valence-corrected chi connectivity index (χ3v) is 5.91. The van der Waals surface area contributed by atoms with Gasteiger partial charge in [-0.05, 0) is 38.0 Å². The molecular weight excluding hydrogens is 294 g/mol. The molecular formula is C17H27N3O3. The Kier molecular flexibility index (Phi) is 3.95. The molecule has 6 heteroatoms. The number of amides is 3. The van der Waals surface area contributed by atoms with E-state index in [4.69, 9.17) is 4.74 Å². The highest BCUT2D eigenvalue weighted by atomic mass is 16.5. The van der Waals surface area contributed by atoms with E-state index in [1.165, 1.54) is 0 Å². The summed E-state index contributed by atoms with van der Waals surface area (Å²) in [5, 5.41) is 3.10. The topological polar surface area (TPSA) is 61.9 Å². The smallest absolute Gasteiger partial charge is 0.318 e. The van der Waals surface area contributed by atoms with Crippen LogP contribution in [0.15, 0.2) is 0 Å². The third-order valence-electron chi connectivity index (χ3n) is 5.91. The molecule has 0 bridgehead atoms. The summed E-state index contributed by atoms with van der Waals surface area (Å²) in [4.78, 5) is 28.7. The van der Waals surface area contributed by atoms with E-state index in [2.05, 4.69) is 12.2 Å². The minimum Gasteiger partial charge on any atom is -0.376 e. The highest BCUT2D eigenvalue weighted by molar-refractivity contribution is 5.82. The van der Waals surface area contributed by atoms with Gasteiger partial charge in [-0.2, -0.15) is 0 Å². The normalized spacial score (nSPS) is 40.0. The Bertz CT molecular complexity index is 491. The van der Waals surface area contributed by atoms with Crippen LogP contribution in [-0.4, -0.2) is 65.7 Å². The zero-order chi connectivity index (χ0) is 16.0. The van der Waals surface area contributed by atoms with E-state index in [1.807, 2.05) is 9.80 Å². The standard InChI is InChI=1S/C17H27N3O3/c1-11-8-14(11)20-10-12(9-16(20)21)18-17(22)19-6-2-4-13(19)15-5-3-7-23-15/h11-15H,2-10H2,1H3,(H,18,22)/t11-,12-,13-,14+,15+/m1/s1. The zero-order valence-electron chi connectivity index (χ0n) is 13.9. The largest absolute Gasteiger partial charge is 0.376 e. The Labute approximate surface area is 137 Å². The molecule has 128 valence electrons. The average Bonchev–Trinajstić information content (AvgIpc) is 3.01. The molecule has 1 saturated carbocycles. The van der Waals surface area contributed by atoms with E-state index < -0.39 is 0 Å². The number of nitrogens with one attached hydrogen (secondary N) is 1. The maximum atomic E-state index is 12.7. The molecule has 4 fully saturated rings. The Balaban J connectivity index is 1.33. The first-order valence-electron chi connectivity index (χ1n) is 9.11. The van der Waals surface area contributed by atoms with Crippen LogP contribution in [0.2, 0.25) is 0 Å². The van der Waals surface area contributed by atoms with Crippen LogP contribution in [0.4, 0.5) is 4.79 Å². The van der Waals surface area contributed by atoms with Crippen molar-refractivity contribution in [1.29, 1.82) is 0 Å². The van der Waals surface area contributed by atoms with E-state index in [0.29, 0.717) is 24.9 Å². The average molecular weight is 321 g/mol. The number of carbonyl (C=O) groups excluding carboxylic acids is 2. The fraction of sp³-hybridized carbons (Fsp3) is 0.882. The van der Waals surface area contributed by atoms with Gasteiger partial charge < -0.3 is 19.9 Å². The minimum atomic E-state index is -0.0338. The fourth-order valence-electron chi connectivity index (χ4n) is 4.48. The van der Waals surface area contributed by atoms with Gasteiger partial charge in [0.15, 0.2) is 0 Å². The molecule has 1 N–H and O–H groups in total. The van der Waals surface area contributed by atoms with Crippen molar-refractivity contribution in [3.63, 3.8) is 0 Å². The number of urea groups is 1. The molecule has 0 aromatic carbocycles. The molecule has 4 aliphatic rings. The van der Waals surface area contributed by atoms with Gasteiger partial charge >= 0.3 is 6.03 Å². The highest BCUT2D eigenvalue weighted by Gasteiger charge is 2.45. The van der Waals surface area contributed by atoms with Crippen molar-refractivity contribution >= 4 is 11.9 Å². The summed E-state index contributed by atoms with van der Waals surface area (Å²) < 4.78 is 5.79. The second kappa shape index (κ2) is 5.96. The number of hydrogen-bond acceptors (Lipinski definition) is 3. The summed E-state index contributed by atoms with van der Waals surface area (Å²) in [5.41, 5.74) is 0. The molecule has 4 rings (SSSR count). The van der Waals surface area contributed by atoms with E-state index in [1.54, 1.807) is 0 Å². The lowest BCUT2D eigenvalue weighted by atomic mass is 10.1. The van der Waals surface area contributed by atoms with E-state index in [-0.39, 0.29) is 30.1 Å². The van der Waals surface area contributed by atoms with Crippen LogP contribution in [0.3, 0.4) is 0 Å². The van der Waals surface area contributed by atoms with Crippen LogP contribution in [0.25, 0.3) is 0 Å². The van der Waals surface area contributed by atoms with Gasteiger partial charge in [0, 0.05) is 32.2 Å². The van der Waals surface area contributed by atoms with Crippen LogP contribution in [0.5, 0.6) is 0 Å². The molecule has 0 aromatic rings. The lowest BCUT2D eigenvalue weighted by Crippen LogP contribution is -2.50. The van der Waals surface area contributed by atoms with Crippen molar-refractivity contribution in [2.75, 3.05) is 19.7 Å². The summed E-state index contributed by atoms with van der Waals surface area (Å²) in [6, 6.07) is 0.588. The van der Waals surface area contributed by atoms with Crippen LogP contribution >= 0.6 is 0 Å². The van der Waals surface area contributed by atoms with Crippen LogP contribution < -0.4 is 5.32 Å². The van der Waals surface area contributed by atoms with Crippen LogP contribution in [0, 0.1) is 5.92 Å². The fourth-order valence-corrected chi connectivity index (χ4v) is 4.48. The minimum absolute atomic E-state index is 0.00787. The van der Waals surface area contributed by atoms with Gasteiger partial charge in [0.25, 0.3) is 0 Å². The maximum absolute atomic E-state index is 12.7. The predicted molar refractivity (Wildman–Crippen MR) is 84.9 cm³/mol. The van der Waals surface area contributed by atoms with Crippen LogP contribution in [0.1, 0.15) is 45.4 Å². The quantitative estimate of drug-likeness (QED) is 0.853. The molecule has 3 aliphatic heterocycles. The summed E-state index contributed by atoms with van der Waals surface area (Å²) in [6.07, 6.45) is 6.01. The highest BCUT2D eigenvalue weighted by Crippen LogP contribution is 2.37. The van der Waals surface area contributed by atoms with Crippen molar-refractivity contribution in [2.45, 2.75) is 69.7 Å². The van der Waals surface area contributed by atoms with E-state index in [9.17, 15) is 9.59 Å². The van der Waals surface area contributed by atoms with Gasteiger partial charge in [0.2, 0.25) is 5.91 Å². The molecule has 3 amide bonds. The Morgan fingerprint density at radius 3 is 2.78 bits per heavy atom. The SMILES string of the molecule is C[C@@H]1C[C@@H]1N1C[C@H](NC(=O)N2CCC[C@@H]2[C@@H]2CCCO2)CC1=O. The van der Waals surface area contributed by atoms with Gasteiger partial charge in [-0.1, -0.05) is 6.92 Å². The van der Waals surface area contributed by atoms with E-state index in [0.717, 1.165) is 45.3 Å². The molecule has 3 saturated heterocycles. The molecule has 0 radical (unpaired) electrons. The summed E-state index contributed by atoms with van der Waals surface area (Å²) in [7, 11) is 0. The Hall–Kier alpha value is -1.30. The van der Waals surface area contributed by atoms with Crippen molar-refractivity contribution in [3.05, 3.63) is 0 Å². The molecule has 1 aliphatic carbocycles. The lowest BCUT2D eigenvalue weighted by Gasteiger charge is -2.30. The lowest BCUT2D eigenvalue weighted by molar-refractivity contribution is -0.128. The molecule has 0 spiro atoms. The summed E-state index contributed by atoms with van der Waals surface area (Å²) in [6.45, 7) is 4.49. The number of hydrogen-bond donors (Lipinski definition) is 1. The van der Waals surface area contributed by atoms with Crippen molar-refractivity contribution in [1.82, 2.24) is 15.1 Å². The second-order valence-corrected chi connectivity index (χ2v) is 7.63. The molecule has 5 atom stereocenters. The van der Waals surface area contributed by atoms with Crippen molar-refractivity contribution in [3.8, 4) is 0 Å². The summed E-state index contributed by atoms with van der Waals surface area (Å²) >= 11 is 0. The first-order chi connectivity index (χ1) is 11.1. The van der Waals surface area contributed by atoms with Crippen molar-refractivity contribution in [2.24, 2.45) is 5.92 Å². The monoisotopic (exact) mass is 321 g/mol. The number of rotatable bonds is 3. The Morgan fingerprint density at radius 2 is 2.09 bits per heavy atom. The number of ether oxygens (including phenoxy) is 1. The number of likely N-dealkylation sites (tertiary alicyclic amines) is 2. The van der Waals surface area contributed by atoms with Gasteiger partial charge in [0.05, 0.1) is 18.2 Å². The Morgan fingerprint density at radius 1 is 1.26 bits per heavy atom. The predicted octanol–water partition coefficient (Wildman–Crippen LogP) is 1.35.